The fraction of sp³-hybridized carbons (Fsp3) is 0.429. The average molecular weight is 316 g/mol. The van der Waals surface area contributed by atoms with Crippen LogP contribution >= 0.6 is 0 Å². The van der Waals surface area contributed by atoms with Gasteiger partial charge in [-0.15, -0.1) is 0 Å². The van der Waals surface area contributed by atoms with Crippen LogP contribution in [-0.4, -0.2) is 44.8 Å². The molecule has 1 aliphatic heterocycles. The van der Waals surface area contributed by atoms with E-state index in [4.69, 9.17) is 11.5 Å². The van der Waals surface area contributed by atoms with Crippen molar-refractivity contribution >= 4 is 23.2 Å². The van der Waals surface area contributed by atoms with Crippen LogP contribution in [0.25, 0.3) is 0 Å². The highest BCUT2D eigenvalue weighted by molar-refractivity contribution is 5.96. The number of primary amides is 1. The zero-order valence-electron chi connectivity index (χ0n) is 12.9. The molecule has 122 valence electrons. The Hall–Kier alpha value is -2.68. The summed E-state index contributed by atoms with van der Waals surface area (Å²) in [5.74, 6) is 0.365. The molecule has 0 aromatic carbocycles. The van der Waals surface area contributed by atoms with Crippen molar-refractivity contribution in [2.45, 2.75) is 18.9 Å². The summed E-state index contributed by atoms with van der Waals surface area (Å²) in [5.41, 5.74) is 12.2. The molecule has 2 aromatic heterocycles. The SMILES string of the molecule is Cn1cc(Nc2nc(N3CCCC(N)C3)cnc2C(N)=O)cn1. The number of carbonyl (C=O) groups is 1. The first-order valence-corrected chi connectivity index (χ1v) is 7.46. The van der Waals surface area contributed by atoms with Crippen LogP contribution in [0.3, 0.4) is 0 Å². The van der Waals surface area contributed by atoms with E-state index in [9.17, 15) is 4.79 Å². The molecule has 1 atom stereocenters. The van der Waals surface area contributed by atoms with E-state index in [2.05, 4.69) is 25.3 Å². The number of aromatic nitrogens is 4. The molecule has 1 aliphatic rings. The molecule has 0 aliphatic carbocycles. The van der Waals surface area contributed by atoms with Gasteiger partial charge in [0.05, 0.1) is 18.1 Å². The lowest BCUT2D eigenvalue weighted by Crippen LogP contribution is -2.43. The molecule has 1 fully saturated rings. The highest BCUT2D eigenvalue weighted by Crippen LogP contribution is 2.22. The lowest BCUT2D eigenvalue weighted by atomic mass is 10.1. The third-order valence-corrected chi connectivity index (χ3v) is 3.74. The Bertz CT molecular complexity index is 713. The standard InChI is InChI=1S/C14H20N8O/c1-21-8-10(5-18-21)19-14-12(13(16)23)17-6-11(20-14)22-4-2-3-9(15)7-22/h5-6,8-9H,2-4,7,15H2,1H3,(H2,16,23)(H,19,20). The minimum Gasteiger partial charge on any atom is -0.364 e. The number of anilines is 3. The predicted octanol–water partition coefficient (Wildman–Crippen LogP) is -0.0199. The van der Waals surface area contributed by atoms with Gasteiger partial charge in [0.15, 0.2) is 11.5 Å². The molecule has 9 nitrogen and oxygen atoms in total. The Morgan fingerprint density at radius 2 is 2.26 bits per heavy atom. The number of amides is 1. The van der Waals surface area contributed by atoms with Crippen molar-refractivity contribution in [3.8, 4) is 0 Å². The largest absolute Gasteiger partial charge is 0.364 e. The number of rotatable bonds is 4. The summed E-state index contributed by atoms with van der Waals surface area (Å²) in [6, 6.07) is 0.121. The topological polar surface area (TPSA) is 128 Å². The average Bonchev–Trinajstić information content (AvgIpc) is 2.92. The molecule has 0 radical (unpaired) electrons. The summed E-state index contributed by atoms with van der Waals surface area (Å²) in [6.07, 6.45) is 6.98. The van der Waals surface area contributed by atoms with Crippen LogP contribution in [0.5, 0.6) is 0 Å². The lowest BCUT2D eigenvalue weighted by Gasteiger charge is -2.31. The monoisotopic (exact) mass is 316 g/mol. The maximum Gasteiger partial charge on any atom is 0.271 e. The second-order valence-electron chi connectivity index (χ2n) is 5.67. The molecular weight excluding hydrogens is 296 g/mol. The van der Waals surface area contributed by atoms with Crippen molar-refractivity contribution in [2.24, 2.45) is 18.5 Å². The van der Waals surface area contributed by atoms with Crippen LogP contribution in [-0.2, 0) is 7.05 Å². The first-order valence-electron chi connectivity index (χ1n) is 7.46. The molecule has 0 bridgehead atoms. The zero-order chi connectivity index (χ0) is 16.4. The van der Waals surface area contributed by atoms with Crippen LogP contribution in [0.4, 0.5) is 17.3 Å². The summed E-state index contributed by atoms with van der Waals surface area (Å²) < 4.78 is 1.65. The molecule has 5 N–H and O–H groups in total. The van der Waals surface area contributed by atoms with Gasteiger partial charge in [0.25, 0.3) is 5.91 Å². The smallest absolute Gasteiger partial charge is 0.271 e. The van der Waals surface area contributed by atoms with E-state index < -0.39 is 5.91 Å². The molecule has 2 aromatic rings. The van der Waals surface area contributed by atoms with Crippen molar-refractivity contribution in [3.63, 3.8) is 0 Å². The summed E-state index contributed by atoms with van der Waals surface area (Å²) in [4.78, 5) is 22.3. The highest BCUT2D eigenvalue weighted by Gasteiger charge is 2.21. The quantitative estimate of drug-likeness (QED) is 0.723. The van der Waals surface area contributed by atoms with Gasteiger partial charge in [-0.3, -0.25) is 9.48 Å². The summed E-state index contributed by atoms with van der Waals surface area (Å²) in [7, 11) is 1.80. The highest BCUT2D eigenvalue weighted by atomic mass is 16.1. The number of hydrogen-bond acceptors (Lipinski definition) is 7. The number of aryl methyl sites for hydroxylation is 1. The minimum absolute atomic E-state index is 0.0962. The summed E-state index contributed by atoms with van der Waals surface area (Å²) >= 11 is 0. The van der Waals surface area contributed by atoms with Gasteiger partial charge in [0, 0.05) is 32.4 Å². The lowest BCUT2D eigenvalue weighted by molar-refractivity contribution is 0.0996. The zero-order valence-corrected chi connectivity index (χ0v) is 12.9. The van der Waals surface area contributed by atoms with Crippen LogP contribution < -0.4 is 21.7 Å². The Morgan fingerprint density at radius 1 is 1.43 bits per heavy atom. The number of carbonyl (C=O) groups excluding carboxylic acids is 1. The molecule has 3 heterocycles. The molecule has 0 spiro atoms. The van der Waals surface area contributed by atoms with E-state index in [0.717, 1.165) is 25.9 Å². The molecule has 0 saturated carbocycles. The van der Waals surface area contributed by atoms with E-state index in [1.165, 1.54) is 0 Å². The molecule has 1 unspecified atom stereocenters. The van der Waals surface area contributed by atoms with Crippen molar-refractivity contribution < 1.29 is 4.79 Å². The molecule has 1 amide bonds. The van der Waals surface area contributed by atoms with Gasteiger partial charge in [0.2, 0.25) is 0 Å². The van der Waals surface area contributed by atoms with Gasteiger partial charge in [-0.2, -0.15) is 5.10 Å². The summed E-state index contributed by atoms with van der Waals surface area (Å²) in [6.45, 7) is 1.58. The Labute approximate surface area is 133 Å². The third-order valence-electron chi connectivity index (χ3n) is 3.74. The number of nitrogens with two attached hydrogens (primary N) is 2. The number of nitrogens with zero attached hydrogens (tertiary/aromatic N) is 5. The molecule has 23 heavy (non-hydrogen) atoms. The van der Waals surface area contributed by atoms with Crippen LogP contribution in [0.1, 0.15) is 23.3 Å². The van der Waals surface area contributed by atoms with Crippen molar-refractivity contribution in [1.82, 2.24) is 19.7 Å². The molecular formula is C14H20N8O. The Kier molecular flexibility index (Phi) is 4.11. The van der Waals surface area contributed by atoms with E-state index >= 15 is 0 Å². The van der Waals surface area contributed by atoms with Crippen LogP contribution in [0.15, 0.2) is 18.6 Å². The maximum absolute atomic E-state index is 11.6. The second-order valence-corrected chi connectivity index (χ2v) is 5.67. The van der Waals surface area contributed by atoms with E-state index in [0.29, 0.717) is 17.3 Å². The number of hydrogen-bond donors (Lipinski definition) is 3. The van der Waals surface area contributed by atoms with Gasteiger partial charge in [-0.25, -0.2) is 9.97 Å². The number of nitrogens with one attached hydrogen (secondary N) is 1. The van der Waals surface area contributed by atoms with Gasteiger partial charge in [-0.05, 0) is 12.8 Å². The Morgan fingerprint density at radius 3 is 2.91 bits per heavy atom. The normalized spacial score (nSPS) is 18.0. The van der Waals surface area contributed by atoms with Crippen molar-refractivity contribution in [3.05, 3.63) is 24.3 Å². The number of piperidine rings is 1. The molecule has 1 saturated heterocycles. The third kappa shape index (κ3) is 3.39. The Balaban J connectivity index is 1.91. The fourth-order valence-corrected chi connectivity index (χ4v) is 2.64. The predicted molar refractivity (Wildman–Crippen MR) is 86.5 cm³/mol. The van der Waals surface area contributed by atoms with Gasteiger partial charge in [-0.1, -0.05) is 0 Å². The van der Waals surface area contributed by atoms with Gasteiger partial charge >= 0.3 is 0 Å². The summed E-state index contributed by atoms with van der Waals surface area (Å²) in [5, 5.41) is 7.12. The maximum atomic E-state index is 11.6. The van der Waals surface area contributed by atoms with E-state index in [1.807, 2.05) is 0 Å². The van der Waals surface area contributed by atoms with Gasteiger partial charge in [0.1, 0.15) is 5.82 Å². The fourth-order valence-electron chi connectivity index (χ4n) is 2.64. The minimum atomic E-state index is -0.634. The second kappa shape index (κ2) is 6.21. The first-order chi connectivity index (χ1) is 11.0. The first kappa shape index (κ1) is 15.2. The van der Waals surface area contributed by atoms with Crippen LogP contribution in [0.2, 0.25) is 0 Å². The van der Waals surface area contributed by atoms with E-state index in [-0.39, 0.29) is 11.7 Å². The van der Waals surface area contributed by atoms with Gasteiger partial charge < -0.3 is 21.7 Å². The van der Waals surface area contributed by atoms with Crippen molar-refractivity contribution in [2.75, 3.05) is 23.3 Å². The molecule has 9 heteroatoms. The molecule has 3 rings (SSSR count). The van der Waals surface area contributed by atoms with Crippen molar-refractivity contribution in [1.29, 1.82) is 0 Å². The van der Waals surface area contributed by atoms with Crippen LogP contribution in [0, 0.1) is 0 Å². The van der Waals surface area contributed by atoms with E-state index in [1.54, 1.807) is 30.3 Å².